The van der Waals surface area contributed by atoms with Gasteiger partial charge < -0.3 is 0 Å². The van der Waals surface area contributed by atoms with Crippen molar-refractivity contribution in [3.63, 3.8) is 0 Å². The summed E-state index contributed by atoms with van der Waals surface area (Å²) in [6.45, 7) is 3.31. The van der Waals surface area contributed by atoms with Crippen molar-refractivity contribution in [1.29, 1.82) is 0 Å². The normalized spacial score (nSPS) is 12.1. The van der Waals surface area contributed by atoms with E-state index in [1.165, 1.54) is 7.05 Å². The molecule has 0 aromatic heterocycles. The van der Waals surface area contributed by atoms with Crippen LogP contribution < -0.4 is 9.03 Å². The Labute approximate surface area is 149 Å². The van der Waals surface area contributed by atoms with Crippen molar-refractivity contribution < 1.29 is 16.8 Å². The number of anilines is 1. The highest BCUT2D eigenvalue weighted by Gasteiger charge is 2.21. The quantitative estimate of drug-likeness (QED) is 0.794. The first kappa shape index (κ1) is 19.4. The smallest absolute Gasteiger partial charge is 0.240 e. The molecule has 0 aliphatic heterocycles. The van der Waals surface area contributed by atoms with Gasteiger partial charge in [-0.3, -0.25) is 4.31 Å². The third-order valence-corrected chi connectivity index (χ3v) is 7.19. The molecule has 2 rings (SSSR count). The summed E-state index contributed by atoms with van der Waals surface area (Å²) in [7, 11) is -5.94. The third kappa shape index (κ3) is 4.81. The first-order valence-electron chi connectivity index (χ1n) is 7.72. The Morgan fingerprint density at radius 1 is 0.960 bits per heavy atom. The predicted octanol–water partition coefficient (Wildman–Crippen LogP) is 2.05. The molecule has 25 heavy (non-hydrogen) atoms. The monoisotopic (exact) mass is 382 g/mol. The van der Waals surface area contributed by atoms with Crippen LogP contribution in [0.4, 0.5) is 5.69 Å². The molecule has 0 saturated heterocycles. The first-order valence-corrected chi connectivity index (χ1v) is 10.8. The van der Waals surface area contributed by atoms with E-state index in [1.807, 2.05) is 6.07 Å². The van der Waals surface area contributed by atoms with E-state index in [0.29, 0.717) is 11.3 Å². The van der Waals surface area contributed by atoms with E-state index in [0.717, 1.165) is 9.87 Å². The van der Waals surface area contributed by atoms with Gasteiger partial charge in [0.15, 0.2) is 0 Å². The lowest BCUT2D eigenvalue weighted by Crippen LogP contribution is -2.35. The molecule has 0 spiro atoms. The van der Waals surface area contributed by atoms with E-state index in [4.69, 9.17) is 0 Å². The standard InChI is InChI=1S/C17H22N2O4S2/c1-14-9-10-15(2)17(13-14)25(22,23)18-11-12-24(20,21)19(3)16-7-5-4-6-8-16/h4-10,13,18H,11-12H2,1-3H3. The van der Waals surface area contributed by atoms with Crippen LogP contribution in [0.2, 0.25) is 0 Å². The number of nitrogens with one attached hydrogen (secondary N) is 1. The van der Waals surface area contributed by atoms with E-state index < -0.39 is 20.0 Å². The van der Waals surface area contributed by atoms with Gasteiger partial charge in [-0.05, 0) is 43.2 Å². The molecule has 0 radical (unpaired) electrons. The fraction of sp³-hybridized carbons (Fsp3) is 0.294. The van der Waals surface area contributed by atoms with Gasteiger partial charge in [-0.2, -0.15) is 0 Å². The molecule has 8 heteroatoms. The van der Waals surface area contributed by atoms with Crippen molar-refractivity contribution in [2.75, 3.05) is 23.7 Å². The molecule has 136 valence electrons. The number of aryl methyl sites for hydroxylation is 2. The second-order valence-electron chi connectivity index (χ2n) is 5.79. The maximum absolute atomic E-state index is 12.4. The van der Waals surface area contributed by atoms with Gasteiger partial charge in [0, 0.05) is 13.6 Å². The Bertz CT molecular complexity index is 940. The molecule has 0 unspecified atom stereocenters. The predicted molar refractivity (Wildman–Crippen MR) is 99.7 cm³/mol. The number of para-hydroxylation sites is 1. The maximum Gasteiger partial charge on any atom is 0.240 e. The molecular formula is C17H22N2O4S2. The zero-order chi connectivity index (χ0) is 18.7. The molecular weight excluding hydrogens is 360 g/mol. The summed E-state index contributed by atoms with van der Waals surface area (Å²) in [5, 5.41) is 0. The van der Waals surface area contributed by atoms with Crippen molar-refractivity contribution in [1.82, 2.24) is 4.72 Å². The van der Waals surface area contributed by atoms with Crippen molar-refractivity contribution in [3.05, 3.63) is 59.7 Å². The highest BCUT2D eigenvalue weighted by atomic mass is 32.2. The topological polar surface area (TPSA) is 83.5 Å². The maximum atomic E-state index is 12.4. The zero-order valence-electron chi connectivity index (χ0n) is 14.4. The molecule has 1 N–H and O–H groups in total. The largest absolute Gasteiger partial charge is 0.273 e. The van der Waals surface area contributed by atoms with Gasteiger partial charge in [-0.15, -0.1) is 0 Å². The summed E-state index contributed by atoms with van der Waals surface area (Å²) >= 11 is 0. The van der Waals surface area contributed by atoms with Crippen LogP contribution in [0.25, 0.3) is 0 Å². The minimum Gasteiger partial charge on any atom is -0.273 e. The van der Waals surface area contributed by atoms with E-state index in [2.05, 4.69) is 4.72 Å². The van der Waals surface area contributed by atoms with Crippen LogP contribution >= 0.6 is 0 Å². The fourth-order valence-electron chi connectivity index (χ4n) is 2.32. The number of nitrogens with zero attached hydrogens (tertiary/aromatic N) is 1. The summed E-state index contributed by atoms with van der Waals surface area (Å²) in [6.07, 6.45) is 0. The van der Waals surface area contributed by atoms with Gasteiger partial charge in [-0.25, -0.2) is 21.6 Å². The van der Waals surface area contributed by atoms with Crippen LogP contribution in [0.1, 0.15) is 11.1 Å². The van der Waals surface area contributed by atoms with Gasteiger partial charge in [0.25, 0.3) is 0 Å². The Hall–Kier alpha value is -1.90. The summed E-state index contributed by atoms with van der Waals surface area (Å²) in [6, 6.07) is 13.8. The zero-order valence-corrected chi connectivity index (χ0v) is 16.1. The molecule has 0 bridgehead atoms. The van der Waals surface area contributed by atoms with Crippen molar-refractivity contribution in [2.24, 2.45) is 0 Å². The minimum absolute atomic E-state index is 0.168. The second kappa shape index (κ2) is 7.55. The molecule has 0 amide bonds. The van der Waals surface area contributed by atoms with Crippen LogP contribution in [0.15, 0.2) is 53.4 Å². The van der Waals surface area contributed by atoms with Gasteiger partial charge in [-0.1, -0.05) is 30.3 Å². The summed E-state index contributed by atoms with van der Waals surface area (Å²) in [5.41, 5.74) is 1.96. The van der Waals surface area contributed by atoms with Crippen molar-refractivity contribution >= 4 is 25.7 Å². The molecule has 6 nitrogen and oxygen atoms in total. The number of sulfonamides is 2. The Morgan fingerprint density at radius 3 is 2.24 bits per heavy atom. The SMILES string of the molecule is Cc1ccc(C)c(S(=O)(=O)NCCS(=O)(=O)N(C)c2ccccc2)c1. The number of hydrogen-bond donors (Lipinski definition) is 1. The summed E-state index contributed by atoms with van der Waals surface area (Å²) in [4.78, 5) is 0.168. The highest BCUT2D eigenvalue weighted by Crippen LogP contribution is 2.17. The lowest BCUT2D eigenvalue weighted by atomic mass is 10.2. The van der Waals surface area contributed by atoms with Crippen molar-refractivity contribution in [2.45, 2.75) is 18.7 Å². The highest BCUT2D eigenvalue weighted by molar-refractivity contribution is 7.93. The van der Waals surface area contributed by atoms with Crippen LogP contribution in [0.3, 0.4) is 0 Å². The lowest BCUT2D eigenvalue weighted by molar-refractivity contribution is 0.580. The van der Waals surface area contributed by atoms with E-state index in [1.54, 1.807) is 56.3 Å². The van der Waals surface area contributed by atoms with Crippen molar-refractivity contribution in [3.8, 4) is 0 Å². The Kier molecular flexibility index (Phi) is 5.87. The van der Waals surface area contributed by atoms with Crippen LogP contribution in [0.5, 0.6) is 0 Å². The third-order valence-electron chi connectivity index (χ3n) is 3.82. The Morgan fingerprint density at radius 2 is 1.60 bits per heavy atom. The minimum atomic E-state index is -3.76. The van der Waals surface area contributed by atoms with Crippen LogP contribution in [0, 0.1) is 13.8 Å². The lowest BCUT2D eigenvalue weighted by Gasteiger charge is -2.19. The van der Waals surface area contributed by atoms with Gasteiger partial charge >= 0.3 is 0 Å². The molecule has 0 aliphatic carbocycles. The second-order valence-corrected chi connectivity index (χ2v) is 9.64. The van der Waals surface area contributed by atoms with Gasteiger partial charge in [0.05, 0.1) is 16.3 Å². The van der Waals surface area contributed by atoms with E-state index >= 15 is 0 Å². The fourth-order valence-corrected chi connectivity index (χ4v) is 4.88. The summed E-state index contributed by atoms with van der Waals surface area (Å²) < 4.78 is 53.1. The number of rotatable bonds is 7. The van der Waals surface area contributed by atoms with Gasteiger partial charge in [0.1, 0.15) is 0 Å². The van der Waals surface area contributed by atoms with E-state index in [9.17, 15) is 16.8 Å². The molecule has 0 saturated carbocycles. The molecule has 0 heterocycles. The van der Waals surface area contributed by atoms with Crippen LogP contribution in [-0.2, 0) is 20.0 Å². The summed E-state index contributed by atoms with van der Waals surface area (Å²) in [5.74, 6) is -0.331. The number of benzene rings is 2. The van der Waals surface area contributed by atoms with E-state index in [-0.39, 0.29) is 17.2 Å². The van der Waals surface area contributed by atoms with Crippen LogP contribution in [-0.4, -0.2) is 36.2 Å². The first-order chi connectivity index (χ1) is 11.6. The molecule has 2 aromatic carbocycles. The molecule has 2 aromatic rings. The molecule has 0 atom stereocenters. The number of hydrogen-bond acceptors (Lipinski definition) is 4. The van der Waals surface area contributed by atoms with Gasteiger partial charge in [0.2, 0.25) is 20.0 Å². The average molecular weight is 383 g/mol. The molecule has 0 fully saturated rings. The average Bonchev–Trinajstić information content (AvgIpc) is 2.56. The Balaban J connectivity index is 2.07. The molecule has 0 aliphatic rings.